The predicted octanol–water partition coefficient (Wildman–Crippen LogP) is 2.20. The molecular formula is C20H20BrN3O2S2. The Bertz CT molecular complexity index is 1190. The number of benzene rings is 1. The van der Waals surface area contributed by atoms with Gasteiger partial charge in [0.25, 0.3) is 11.1 Å². The molecule has 5 nitrogen and oxygen atoms in total. The Morgan fingerprint density at radius 3 is 2.46 bits per heavy atom. The van der Waals surface area contributed by atoms with Gasteiger partial charge < -0.3 is 14.9 Å². The van der Waals surface area contributed by atoms with Crippen LogP contribution in [-0.4, -0.2) is 41.3 Å². The second kappa shape index (κ2) is 9.56. The zero-order valence-electron chi connectivity index (χ0n) is 15.5. The van der Waals surface area contributed by atoms with Gasteiger partial charge in [0.15, 0.2) is 0 Å². The molecule has 0 amide bonds. The molecule has 3 rings (SSSR count). The number of hydrogen-bond donors (Lipinski definition) is 2. The molecule has 28 heavy (non-hydrogen) atoms. The molecule has 0 unspecified atom stereocenters. The highest BCUT2D eigenvalue weighted by Crippen LogP contribution is 2.27. The van der Waals surface area contributed by atoms with Gasteiger partial charge in [-0.05, 0) is 56.1 Å². The fourth-order valence-corrected chi connectivity index (χ4v) is 5.11. The van der Waals surface area contributed by atoms with Crippen molar-refractivity contribution in [2.24, 2.45) is 0 Å². The first kappa shape index (κ1) is 20.9. The van der Waals surface area contributed by atoms with Crippen molar-refractivity contribution < 1.29 is 0 Å². The summed E-state index contributed by atoms with van der Waals surface area (Å²) in [5.74, 6) is 1.00. The van der Waals surface area contributed by atoms with E-state index in [0.29, 0.717) is 0 Å². The molecule has 0 aliphatic carbocycles. The van der Waals surface area contributed by atoms with Crippen molar-refractivity contribution in [3.63, 3.8) is 0 Å². The number of halogens is 1. The third-order valence-corrected chi connectivity index (χ3v) is 6.55. The van der Waals surface area contributed by atoms with Crippen LogP contribution in [0.5, 0.6) is 0 Å². The maximum atomic E-state index is 12.4. The predicted molar refractivity (Wildman–Crippen MR) is 122 cm³/mol. The normalized spacial score (nSPS) is 12.9. The van der Waals surface area contributed by atoms with Crippen molar-refractivity contribution in [3.8, 4) is 0 Å². The average Bonchev–Trinajstić information content (AvgIpc) is 3.06. The van der Waals surface area contributed by atoms with Gasteiger partial charge in [-0.3, -0.25) is 9.59 Å². The van der Waals surface area contributed by atoms with E-state index >= 15 is 0 Å². The standard InChI is InChI=1S/C20H20BrN3O2S2/c1-24(2)8-9-27-18-7-6-15(28-18)12-17-20(26)22-16(19(25)23-17)11-13-4-3-5-14(21)10-13/h3-7,10-12H,8-9H2,1-2H3,(H,22,26)(H,23,25). The Morgan fingerprint density at radius 1 is 1.07 bits per heavy atom. The summed E-state index contributed by atoms with van der Waals surface area (Å²) in [6.07, 6.45) is 3.36. The molecule has 1 aromatic carbocycles. The molecule has 2 aromatic heterocycles. The monoisotopic (exact) mass is 477 g/mol. The molecule has 3 aromatic rings. The third-order valence-electron chi connectivity index (χ3n) is 3.82. The maximum absolute atomic E-state index is 12.4. The highest BCUT2D eigenvalue weighted by Gasteiger charge is 2.02. The third kappa shape index (κ3) is 5.81. The van der Waals surface area contributed by atoms with Crippen LogP contribution in [0.4, 0.5) is 0 Å². The first-order valence-corrected chi connectivity index (χ1v) is 11.2. The van der Waals surface area contributed by atoms with E-state index in [9.17, 15) is 9.59 Å². The highest BCUT2D eigenvalue weighted by atomic mass is 79.9. The van der Waals surface area contributed by atoms with Crippen LogP contribution in [0.2, 0.25) is 0 Å². The van der Waals surface area contributed by atoms with Gasteiger partial charge in [0.2, 0.25) is 0 Å². The Morgan fingerprint density at radius 2 is 1.79 bits per heavy atom. The van der Waals surface area contributed by atoms with Crippen LogP contribution in [0.3, 0.4) is 0 Å². The Balaban J connectivity index is 1.88. The van der Waals surface area contributed by atoms with E-state index in [1.165, 1.54) is 4.21 Å². The van der Waals surface area contributed by atoms with Crippen LogP contribution in [0, 0.1) is 0 Å². The van der Waals surface area contributed by atoms with Gasteiger partial charge in [-0.2, -0.15) is 0 Å². The van der Waals surface area contributed by atoms with Crippen molar-refractivity contribution in [2.45, 2.75) is 4.21 Å². The lowest BCUT2D eigenvalue weighted by Gasteiger charge is -2.07. The van der Waals surface area contributed by atoms with E-state index in [2.05, 4.69) is 44.9 Å². The zero-order chi connectivity index (χ0) is 20.1. The Labute approximate surface area is 179 Å². The van der Waals surface area contributed by atoms with E-state index in [-0.39, 0.29) is 21.8 Å². The fourth-order valence-electron chi connectivity index (χ4n) is 2.42. The topological polar surface area (TPSA) is 69.0 Å². The molecule has 0 spiro atoms. The molecule has 2 heterocycles. The lowest BCUT2D eigenvalue weighted by atomic mass is 10.2. The van der Waals surface area contributed by atoms with E-state index in [4.69, 9.17) is 0 Å². The SMILES string of the molecule is CN(C)CCSc1ccc(C=c2[nH]c(=O)c(=Cc3cccc(Br)c3)[nH]c2=O)s1. The quantitative estimate of drug-likeness (QED) is 0.534. The minimum atomic E-state index is -0.331. The van der Waals surface area contributed by atoms with E-state index in [0.717, 1.165) is 27.2 Å². The first-order valence-electron chi connectivity index (χ1n) is 8.60. The van der Waals surface area contributed by atoms with Gasteiger partial charge in [-0.1, -0.05) is 28.1 Å². The molecule has 2 N–H and O–H groups in total. The van der Waals surface area contributed by atoms with Crippen molar-refractivity contribution in [1.29, 1.82) is 0 Å². The van der Waals surface area contributed by atoms with Crippen molar-refractivity contribution in [1.82, 2.24) is 14.9 Å². The number of thiophene rings is 1. The fraction of sp³-hybridized carbons (Fsp3) is 0.200. The molecule has 0 radical (unpaired) electrons. The number of nitrogens with one attached hydrogen (secondary N) is 2. The van der Waals surface area contributed by atoms with Crippen LogP contribution >= 0.6 is 39.0 Å². The molecule has 0 bridgehead atoms. The van der Waals surface area contributed by atoms with Crippen molar-refractivity contribution in [2.75, 3.05) is 26.4 Å². The molecule has 146 valence electrons. The molecular weight excluding hydrogens is 458 g/mol. The molecule has 0 fully saturated rings. The van der Waals surface area contributed by atoms with E-state index in [1.54, 1.807) is 35.3 Å². The second-order valence-corrected chi connectivity index (χ2v) is 9.81. The van der Waals surface area contributed by atoms with Gasteiger partial charge in [-0.25, -0.2) is 0 Å². The van der Waals surface area contributed by atoms with E-state index < -0.39 is 0 Å². The number of rotatable bonds is 6. The smallest absolute Gasteiger partial charge is 0.272 e. The summed E-state index contributed by atoms with van der Waals surface area (Å²) in [7, 11) is 4.10. The van der Waals surface area contributed by atoms with Crippen LogP contribution in [-0.2, 0) is 0 Å². The van der Waals surface area contributed by atoms with Crippen molar-refractivity contribution in [3.05, 3.63) is 82.7 Å². The second-order valence-electron chi connectivity index (χ2n) is 6.39. The van der Waals surface area contributed by atoms with Crippen molar-refractivity contribution >= 4 is 51.2 Å². The summed E-state index contributed by atoms with van der Waals surface area (Å²) in [6.45, 7) is 1.00. The summed E-state index contributed by atoms with van der Waals surface area (Å²) >= 11 is 6.78. The van der Waals surface area contributed by atoms with Crippen LogP contribution in [0.15, 0.2) is 54.7 Å². The summed E-state index contributed by atoms with van der Waals surface area (Å²) < 4.78 is 2.09. The van der Waals surface area contributed by atoms with Crippen LogP contribution in [0.1, 0.15) is 10.4 Å². The molecule has 8 heteroatoms. The summed E-state index contributed by atoms with van der Waals surface area (Å²) in [5, 5.41) is 0.481. The van der Waals surface area contributed by atoms with Gasteiger partial charge in [0.1, 0.15) is 10.7 Å². The van der Waals surface area contributed by atoms with Crippen LogP contribution in [0.25, 0.3) is 12.2 Å². The Hall–Kier alpha value is -1.87. The van der Waals surface area contributed by atoms with E-state index in [1.807, 2.05) is 36.4 Å². The molecule has 0 aliphatic heterocycles. The van der Waals surface area contributed by atoms with Gasteiger partial charge in [0.05, 0.1) is 4.21 Å². The lowest BCUT2D eigenvalue weighted by molar-refractivity contribution is 0.437. The number of H-pyrrole nitrogens is 2. The summed E-state index contributed by atoms with van der Waals surface area (Å²) in [5.41, 5.74) is 0.170. The van der Waals surface area contributed by atoms with Crippen LogP contribution < -0.4 is 21.8 Å². The molecule has 0 aliphatic rings. The Kier molecular flexibility index (Phi) is 7.12. The van der Waals surface area contributed by atoms with Gasteiger partial charge >= 0.3 is 0 Å². The number of thioether (sulfide) groups is 1. The number of aromatic amines is 2. The average molecular weight is 478 g/mol. The van der Waals surface area contributed by atoms with Gasteiger partial charge in [0, 0.05) is 21.6 Å². The zero-order valence-corrected chi connectivity index (χ0v) is 18.7. The van der Waals surface area contributed by atoms with Gasteiger partial charge in [-0.15, -0.1) is 23.1 Å². The molecule has 0 atom stereocenters. The minimum Gasteiger partial charge on any atom is -0.316 e. The summed E-state index contributed by atoms with van der Waals surface area (Å²) in [6, 6.07) is 11.5. The lowest BCUT2D eigenvalue weighted by Crippen LogP contribution is -2.46. The first-order chi connectivity index (χ1) is 13.4. The molecule has 0 saturated carbocycles. The molecule has 0 saturated heterocycles. The number of nitrogens with zero attached hydrogens (tertiary/aromatic N) is 1. The summed E-state index contributed by atoms with van der Waals surface area (Å²) in [4.78, 5) is 33.2. The largest absolute Gasteiger partial charge is 0.316 e. The highest BCUT2D eigenvalue weighted by molar-refractivity contribution is 9.10. The number of aromatic nitrogens is 2. The number of hydrogen-bond acceptors (Lipinski definition) is 5. The minimum absolute atomic E-state index is 0.228. The maximum Gasteiger partial charge on any atom is 0.272 e.